The van der Waals surface area contributed by atoms with Crippen molar-refractivity contribution in [2.75, 3.05) is 51.3 Å². The third kappa shape index (κ3) is 7.01. The van der Waals surface area contributed by atoms with E-state index in [9.17, 15) is 17.6 Å². The predicted octanol–water partition coefficient (Wildman–Crippen LogP) is 1.30. The third-order valence-corrected chi connectivity index (χ3v) is 9.05. The molecule has 2 saturated heterocycles. The van der Waals surface area contributed by atoms with Gasteiger partial charge in [0.25, 0.3) is 0 Å². The minimum atomic E-state index is -3.26. The summed E-state index contributed by atoms with van der Waals surface area (Å²) in [5.74, 6) is -0.298. The molecule has 2 aliphatic rings. The summed E-state index contributed by atoms with van der Waals surface area (Å²) in [6, 6.07) is 3.78. The first-order valence-corrected chi connectivity index (χ1v) is 14.4. The predicted molar refractivity (Wildman–Crippen MR) is 138 cm³/mol. The molecule has 0 saturated carbocycles. The van der Waals surface area contributed by atoms with Crippen LogP contribution in [0.3, 0.4) is 0 Å². The number of rotatable bonds is 11. The number of ketones is 1. The van der Waals surface area contributed by atoms with Crippen LogP contribution in [0.2, 0.25) is 0 Å². The Bertz CT molecular complexity index is 1200. The molecule has 1 aromatic carbocycles. The summed E-state index contributed by atoms with van der Waals surface area (Å²) < 4.78 is 46.0. The molecule has 0 spiro atoms. The summed E-state index contributed by atoms with van der Waals surface area (Å²) in [7, 11) is -1.86. The second-order valence-corrected chi connectivity index (χ2v) is 11.8. The highest BCUT2D eigenvalue weighted by atomic mass is 32.2. The topological polar surface area (TPSA) is 135 Å². The van der Waals surface area contributed by atoms with Crippen LogP contribution in [0.4, 0.5) is 16.2 Å². The molecule has 37 heavy (non-hydrogen) atoms. The molecule has 3 heterocycles. The van der Waals surface area contributed by atoms with Crippen molar-refractivity contribution >= 4 is 27.6 Å². The number of anilines is 1. The number of methoxy groups -OCH3 is 1. The molecule has 0 bridgehead atoms. The SMILES string of the molecule is COc1ccc(F)cc1C(=O)c1cnc([NH2+]C2CCN(S(=O)(=O)CCCCN3CCCC3)CC2)nc1N. The van der Waals surface area contributed by atoms with Crippen molar-refractivity contribution in [1.29, 1.82) is 0 Å². The van der Waals surface area contributed by atoms with Crippen LogP contribution in [-0.4, -0.2) is 85.0 Å². The fourth-order valence-electron chi connectivity index (χ4n) is 4.95. The van der Waals surface area contributed by atoms with Crippen LogP contribution < -0.4 is 15.8 Å². The van der Waals surface area contributed by atoms with E-state index < -0.39 is 21.6 Å². The molecule has 1 aromatic heterocycles. The molecule has 0 radical (unpaired) electrons. The van der Waals surface area contributed by atoms with Crippen LogP contribution in [0.25, 0.3) is 0 Å². The van der Waals surface area contributed by atoms with Gasteiger partial charge in [-0.25, -0.2) is 17.1 Å². The van der Waals surface area contributed by atoms with Crippen molar-refractivity contribution in [1.82, 2.24) is 19.2 Å². The normalized spacial score (nSPS) is 17.8. The molecule has 0 amide bonds. The molecule has 202 valence electrons. The summed E-state index contributed by atoms with van der Waals surface area (Å²) in [5, 5.41) is 1.87. The Balaban J connectivity index is 1.28. The first-order chi connectivity index (χ1) is 17.8. The third-order valence-electron chi connectivity index (χ3n) is 7.09. The van der Waals surface area contributed by atoms with Crippen LogP contribution in [0, 0.1) is 5.82 Å². The number of likely N-dealkylation sites (tertiary alicyclic amines) is 1. The van der Waals surface area contributed by atoms with Crippen LogP contribution in [0.1, 0.15) is 54.4 Å². The van der Waals surface area contributed by atoms with Gasteiger partial charge in [-0.15, -0.1) is 0 Å². The number of aromatic nitrogens is 2. The van der Waals surface area contributed by atoms with Gasteiger partial charge in [-0.3, -0.25) is 10.1 Å². The Labute approximate surface area is 217 Å². The van der Waals surface area contributed by atoms with Crippen LogP contribution in [-0.2, 0) is 10.0 Å². The number of hydrogen-bond acceptors (Lipinski definition) is 8. The smallest absolute Gasteiger partial charge is 0.327 e. The van der Waals surface area contributed by atoms with E-state index in [1.807, 2.05) is 5.32 Å². The quantitative estimate of drug-likeness (QED) is 0.325. The number of nitrogens with two attached hydrogens (primary N) is 2. The molecule has 4 rings (SSSR count). The molecule has 0 unspecified atom stereocenters. The number of nitrogen functional groups attached to an aromatic ring is 1. The second-order valence-electron chi connectivity index (χ2n) is 9.68. The molecule has 2 fully saturated rings. The van der Waals surface area contributed by atoms with E-state index >= 15 is 0 Å². The van der Waals surface area contributed by atoms with E-state index in [2.05, 4.69) is 14.9 Å². The summed E-state index contributed by atoms with van der Waals surface area (Å²) in [4.78, 5) is 23.8. The summed E-state index contributed by atoms with van der Waals surface area (Å²) in [5.41, 5.74) is 6.16. The lowest BCUT2D eigenvalue weighted by Gasteiger charge is -2.29. The van der Waals surface area contributed by atoms with Crippen molar-refractivity contribution in [2.24, 2.45) is 0 Å². The lowest BCUT2D eigenvalue weighted by molar-refractivity contribution is -0.620. The maximum Gasteiger partial charge on any atom is 0.327 e. The van der Waals surface area contributed by atoms with Crippen molar-refractivity contribution in [3.8, 4) is 5.75 Å². The number of sulfonamides is 1. The van der Waals surface area contributed by atoms with Gasteiger partial charge in [0, 0.05) is 32.1 Å². The van der Waals surface area contributed by atoms with Gasteiger partial charge in [-0.2, -0.15) is 9.97 Å². The maximum absolute atomic E-state index is 13.7. The van der Waals surface area contributed by atoms with Gasteiger partial charge in [-0.05, 0) is 63.5 Å². The molecule has 0 atom stereocenters. The number of carbonyl (C=O) groups is 1. The number of halogens is 1. The molecule has 2 aliphatic heterocycles. The molecular weight excluding hydrogens is 499 g/mol. The lowest BCUT2D eigenvalue weighted by atomic mass is 10.0. The first kappa shape index (κ1) is 27.4. The van der Waals surface area contributed by atoms with Gasteiger partial charge in [0.05, 0.1) is 30.0 Å². The standard InChI is InChI=1S/C25H35FN6O4S/c1-36-22-7-6-18(26)16-20(22)23(33)21-17-28-25(30-24(21)27)29-19-8-13-32(14-9-19)37(34,35)15-5-4-12-31-10-2-3-11-31/h6-7,16-17,19H,2-5,8-15H2,1H3,(H3,27,28,29,30)/p+1. The van der Waals surface area contributed by atoms with Crippen molar-refractivity contribution < 1.29 is 27.7 Å². The van der Waals surface area contributed by atoms with Gasteiger partial charge >= 0.3 is 5.95 Å². The maximum atomic E-state index is 13.7. The summed E-state index contributed by atoms with van der Waals surface area (Å²) >= 11 is 0. The lowest BCUT2D eigenvalue weighted by Crippen LogP contribution is -2.86. The fourth-order valence-corrected chi connectivity index (χ4v) is 6.55. The van der Waals surface area contributed by atoms with Gasteiger partial charge in [0.2, 0.25) is 15.8 Å². The van der Waals surface area contributed by atoms with Crippen molar-refractivity contribution in [3.63, 3.8) is 0 Å². The molecule has 10 nitrogen and oxygen atoms in total. The Morgan fingerprint density at radius 1 is 1.16 bits per heavy atom. The van der Waals surface area contributed by atoms with Gasteiger partial charge in [-0.1, -0.05) is 0 Å². The van der Waals surface area contributed by atoms with Gasteiger partial charge < -0.3 is 15.4 Å². The molecule has 0 aliphatic carbocycles. The minimum absolute atomic E-state index is 0.00786. The molecular formula is C25H36FN6O4S+. The van der Waals surface area contributed by atoms with E-state index in [1.54, 1.807) is 4.31 Å². The Hall–Kier alpha value is -2.67. The highest BCUT2D eigenvalue weighted by Crippen LogP contribution is 2.24. The number of piperidine rings is 1. The zero-order valence-electron chi connectivity index (χ0n) is 21.2. The highest BCUT2D eigenvalue weighted by molar-refractivity contribution is 7.89. The van der Waals surface area contributed by atoms with E-state index in [0.717, 1.165) is 32.1 Å². The Kier molecular flexibility index (Phi) is 9.06. The number of nitrogens with zero attached hydrogens (tertiary/aromatic N) is 4. The van der Waals surface area contributed by atoms with Gasteiger partial charge in [0.1, 0.15) is 17.4 Å². The Morgan fingerprint density at radius 3 is 2.57 bits per heavy atom. The average molecular weight is 536 g/mol. The highest BCUT2D eigenvalue weighted by Gasteiger charge is 2.30. The molecule has 4 N–H and O–H groups in total. The average Bonchev–Trinajstić information content (AvgIpc) is 3.40. The molecule has 12 heteroatoms. The van der Waals surface area contributed by atoms with Crippen LogP contribution >= 0.6 is 0 Å². The second kappa shape index (κ2) is 12.2. The monoisotopic (exact) mass is 535 g/mol. The summed E-state index contributed by atoms with van der Waals surface area (Å²) in [6.45, 7) is 4.16. The summed E-state index contributed by atoms with van der Waals surface area (Å²) in [6.07, 6.45) is 6.75. The van der Waals surface area contributed by atoms with E-state index in [-0.39, 0.29) is 34.5 Å². The Morgan fingerprint density at radius 2 is 1.89 bits per heavy atom. The van der Waals surface area contributed by atoms with Crippen LogP contribution in [0.15, 0.2) is 24.4 Å². The van der Waals surface area contributed by atoms with E-state index in [4.69, 9.17) is 10.5 Å². The number of hydrogen-bond donors (Lipinski definition) is 2. The van der Waals surface area contributed by atoms with Crippen LogP contribution in [0.5, 0.6) is 5.75 Å². The van der Waals surface area contributed by atoms with E-state index in [1.165, 1.54) is 38.3 Å². The van der Waals surface area contributed by atoms with E-state index in [0.29, 0.717) is 38.3 Å². The van der Waals surface area contributed by atoms with Crippen molar-refractivity contribution in [2.45, 2.75) is 44.6 Å². The zero-order valence-corrected chi connectivity index (χ0v) is 22.1. The number of benzene rings is 1. The molecule has 2 aromatic rings. The zero-order chi connectivity index (χ0) is 26.4. The van der Waals surface area contributed by atoms with Crippen molar-refractivity contribution in [3.05, 3.63) is 41.3 Å². The first-order valence-electron chi connectivity index (χ1n) is 12.8. The minimum Gasteiger partial charge on any atom is -0.496 e. The van der Waals surface area contributed by atoms with Gasteiger partial charge in [0.15, 0.2) is 0 Å². The fraction of sp³-hybridized carbons (Fsp3) is 0.560. The number of carbonyl (C=O) groups excluding carboxylic acids is 1. The largest absolute Gasteiger partial charge is 0.496 e. The number of unbranched alkanes of at least 4 members (excludes halogenated alkanes) is 1. The number of ether oxygens (including phenoxy) is 1. The number of quaternary nitrogens is 1.